The van der Waals surface area contributed by atoms with Crippen molar-refractivity contribution >= 4 is 17.1 Å². The molecular weight excluding hydrogens is 386 g/mol. The van der Waals surface area contributed by atoms with E-state index in [2.05, 4.69) is 60.4 Å². The smallest absolute Gasteiger partial charge is 0.224 e. The Kier molecular flexibility index (Phi) is 4.36. The zero-order chi connectivity index (χ0) is 21.6. The Morgan fingerprint density at radius 1 is 0.935 bits per heavy atom. The van der Waals surface area contributed by atoms with Gasteiger partial charge in [-0.1, -0.05) is 83.1 Å². The molecular formula is C26H25N3O2. The second-order valence-electron chi connectivity index (χ2n) is 8.68. The predicted octanol–water partition coefficient (Wildman–Crippen LogP) is 5.16. The Hall–Kier alpha value is -3.60. The van der Waals surface area contributed by atoms with E-state index in [4.69, 9.17) is 4.84 Å². The summed E-state index contributed by atoms with van der Waals surface area (Å²) in [6, 6.07) is 26.1. The summed E-state index contributed by atoms with van der Waals surface area (Å²) in [5.41, 5.74) is 5.87. The molecule has 5 heteroatoms. The number of benzene rings is 3. The third-order valence-electron chi connectivity index (χ3n) is 6.81. The lowest BCUT2D eigenvalue weighted by Gasteiger charge is -2.40. The number of hydrogen-bond donors (Lipinski definition) is 1. The Bertz CT molecular complexity index is 1180. The summed E-state index contributed by atoms with van der Waals surface area (Å²) < 4.78 is 0. The Labute approximate surface area is 182 Å². The van der Waals surface area contributed by atoms with Gasteiger partial charge in [-0.25, -0.2) is 0 Å². The van der Waals surface area contributed by atoms with E-state index in [0.717, 1.165) is 22.4 Å². The number of anilines is 1. The molecule has 3 aromatic rings. The first-order chi connectivity index (χ1) is 15.0. The predicted molar refractivity (Wildman–Crippen MR) is 123 cm³/mol. The number of rotatable bonds is 3. The standard InChI is InChI=1S/C26H25N3O2/c1-25(2)21-11-7-8-12-23(21)29(3)26(25)17-22(28-31-26)18-13-15-20(16-14-18)24(27-30)19-9-5-4-6-10-19/h4-16,30H,17H2,1-3H3/b27-24-/t26-/m1/s1. The van der Waals surface area contributed by atoms with Gasteiger partial charge in [0.25, 0.3) is 0 Å². The molecule has 3 aromatic carbocycles. The average molecular weight is 412 g/mol. The van der Waals surface area contributed by atoms with Crippen molar-refractivity contribution < 1.29 is 10.0 Å². The van der Waals surface area contributed by atoms with Gasteiger partial charge in [-0.3, -0.25) is 0 Å². The topological polar surface area (TPSA) is 57.4 Å². The summed E-state index contributed by atoms with van der Waals surface area (Å²) in [6.07, 6.45) is 0.685. The van der Waals surface area contributed by atoms with Gasteiger partial charge in [0, 0.05) is 23.9 Å². The third-order valence-corrected chi connectivity index (χ3v) is 6.81. The van der Waals surface area contributed by atoms with Crippen LogP contribution in [-0.2, 0) is 10.3 Å². The molecule has 0 unspecified atom stereocenters. The zero-order valence-electron chi connectivity index (χ0n) is 17.9. The van der Waals surface area contributed by atoms with Gasteiger partial charge < -0.3 is 14.9 Å². The molecule has 0 aromatic heterocycles. The summed E-state index contributed by atoms with van der Waals surface area (Å²) in [4.78, 5) is 8.42. The molecule has 0 saturated heterocycles. The highest BCUT2D eigenvalue weighted by atomic mass is 16.7. The quantitative estimate of drug-likeness (QED) is 0.368. The molecule has 0 bridgehead atoms. The highest BCUT2D eigenvalue weighted by Crippen LogP contribution is 2.55. The maximum absolute atomic E-state index is 9.56. The Balaban J connectivity index is 1.42. The fourth-order valence-electron chi connectivity index (χ4n) is 4.91. The van der Waals surface area contributed by atoms with E-state index in [9.17, 15) is 5.21 Å². The van der Waals surface area contributed by atoms with Crippen molar-refractivity contribution in [2.45, 2.75) is 31.4 Å². The average Bonchev–Trinajstić information content (AvgIpc) is 3.33. The molecule has 1 atom stereocenters. The highest BCUT2D eigenvalue weighted by Gasteiger charge is 2.61. The fourth-order valence-corrected chi connectivity index (χ4v) is 4.91. The highest BCUT2D eigenvalue weighted by molar-refractivity contribution is 6.13. The monoisotopic (exact) mass is 411 g/mol. The molecule has 31 heavy (non-hydrogen) atoms. The molecule has 0 radical (unpaired) electrons. The van der Waals surface area contributed by atoms with Crippen molar-refractivity contribution in [3.8, 4) is 0 Å². The van der Waals surface area contributed by atoms with Crippen molar-refractivity contribution in [2.24, 2.45) is 10.3 Å². The van der Waals surface area contributed by atoms with E-state index in [-0.39, 0.29) is 5.41 Å². The number of likely N-dealkylation sites (N-methyl/N-ethyl adjacent to an activating group) is 1. The maximum atomic E-state index is 9.56. The lowest BCUT2D eigenvalue weighted by Crippen LogP contribution is -2.54. The zero-order valence-corrected chi connectivity index (χ0v) is 17.9. The van der Waals surface area contributed by atoms with Gasteiger partial charge in [-0.05, 0) is 31.0 Å². The van der Waals surface area contributed by atoms with E-state index in [1.807, 2.05) is 54.6 Å². The molecule has 5 nitrogen and oxygen atoms in total. The second kappa shape index (κ2) is 6.98. The summed E-state index contributed by atoms with van der Waals surface area (Å²) in [5, 5.41) is 17.6. The van der Waals surface area contributed by atoms with Crippen molar-refractivity contribution in [1.29, 1.82) is 0 Å². The molecule has 2 aliphatic rings. The van der Waals surface area contributed by atoms with Gasteiger partial charge >= 0.3 is 0 Å². The first-order valence-electron chi connectivity index (χ1n) is 10.4. The Morgan fingerprint density at radius 2 is 1.58 bits per heavy atom. The molecule has 0 amide bonds. The van der Waals surface area contributed by atoms with Crippen LogP contribution in [0, 0.1) is 0 Å². The van der Waals surface area contributed by atoms with Crippen molar-refractivity contribution in [1.82, 2.24) is 0 Å². The molecule has 2 aliphatic heterocycles. The summed E-state index contributed by atoms with van der Waals surface area (Å²) in [5.74, 6) is 0. The first-order valence-corrected chi connectivity index (χ1v) is 10.4. The minimum atomic E-state index is -0.549. The van der Waals surface area contributed by atoms with Crippen LogP contribution in [0.1, 0.15) is 42.5 Å². The summed E-state index contributed by atoms with van der Waals surface area (Å²) in [6.45, 7) is 4.45. The molecule has 1 spiro atoms. The number of oxime groups is 2. The number of hydrogen-bond acceptors (Lipinski definition) is 5. The normalized spacial score (nSPS) is 21.7. The first kappa shape index (κ1) is 19.4. The van der Waals surface area contributed by atoms with Gasteiger partial charge in [-0.2, -0.15) is 0 Å². The number of nitrogens with zero attached hydrogens (tertiary/aromatic N) is 3. The van der Waals surface area contributed by atoms with Gasteiger partial charge in [0.1, 0.15) is 5.71 Å². The van der Waals surface area contributed by atoms with Crippen molar-refractivity contribution in [3.05, 3.63) is 101 Å². The van der Waals surface area contributed by atoms with Crippen molar-refractivity contribution in [3.63, 3.8) is 0 Å². The van der Waals surface area contributed by atoms with Gasteiger partial charge in [0.05, 0.1) is 17.5 Å². The minimum absolute atomic E-state index is 0.215. The molecule has 156 valence electrons. The molecule has 5 rings (SSSR count). The maximum Gasteiger partial charge on any atom is 0.224 e. The minimum Gasteiger partial charge on any atom is -0.410 e. The van der Waals surface area contributed by atoms with Crippen LogP contribution in [0.4, 0.5) is 5.69 Å². The van der Waals surface area contributed by atoms with Gasteiger partial charge in [0.2, 0.25) is 5.72 Å². The summed E-state index contributed by atoms with van der Waals surface area (Å²) >= 11 is 0. The molecule has 1 N–H and O–H groups in total. The SMILES string of the molecule is CN1c2ccccc2C(C)(C)[C@]12CC(c1ccc(/C(=N\O)c3ccccc3)cc1)=NO2. The largest absolute Gasteiger partial charge is 0.410 e. The third kappa shape index (κ3) is 2.76. The fraction of sp³-hybridized carbons (Fsp3) is 0.231. The van der Waals surface area contributed by atoms with E-state index < -0.39 is 5.72 Å². The van der Waals surface area contributed by atoms with E-state index in [1.165, 1.54) is 11.3 Å². The number of para-hydroxylation sites is 1. The van der Waals surface area contributed by atoms with Crippen LogP contribution in [0.3, 0.4) is 0 Å². The van der Waals surface area contributed by atoms with Crippen LogP contribution in [0.5, 0.6) is 0 Å². The number of fused-ring (bicyclic) bond motifs is 1. The van der Waals surface area contributed by atoms with Crippen LogP contribution in [0.2, 0.25) is 0 Å². The van der Waals surface area contributed by atoms with Gasteiger partial charge in [-0.15, -0.1) is 0 Å². The van der Waals surface area contributed by atoms with Crippen LogP contribution < -0.4 is 4.90 Å². The lowest BCUT2D eigenvalue weighted by atomic mass is 9.75. The van der Waals surface area contributed by atoms with E-state index >= 15 is 0 Å². The van der Waals surface area contributed by atoms with Crippen LogP contribution in [-0.4, -0.2) is 29.4 Å². The second-order valence-corrected chi connectivity index (χ2v) is 8.68. The Morgan fingerprint density at radius 3 is 2.26 bits per heavy atom. The van der Waals surface area contributed by atoms with Crippen LogP contribution in [0.15, 0.2) is 89.2 Å². The van der Waals surface area contributed by atoms with Crippen LogP contribution in [0.25, 0.3) is 0 Å². The molecule has 2 heterocycles. The molecule has 0 aliphatic carbocycles. The molecule has 0 saturated carbocycles. The van der Waals surface area contributed by atoms with Crippen molar-refractivity contribution in [2.75, 3.05) is 11.9 Å². The van der Waals surface area contributed by atoms with E-state index in [1.54, 1.807) is 0 Å². The lowest BCUT2D eigenvalue weighted by molar-refractivity contribution is -0.0591. The summed E-state index contributed by atoms with van der Waals surface area (Å²) in [7, 11) is 2.08. The van der Waals surface area contributed by atoms with Crippen LogP contribution >= 0.6 is 0 Å². The molecule has 0 fully saturated rings. The van der Waals surface area contributed by atoms with Gasteiger partial charge in [0.15, 0.2) is 0 Å². The van der Waals surface area contributed by atoms with E-state index in [0.29, 0.717) is 12.1 Å².